The van der Waals surface area contributed by atoms with Crippen LogP contribution >= 0.6 is 11.3 Å². The number of thiophene rings is 1. The molecule has 8 nitrogen and oxygen atoms in total. The molecular formula is C22H23N5O3S. The summed E-state index contributed by atoms with van der Waals surface area (Å²) in [6.07, 6.45) is 10.7. The van der Waals surface area contributed by atoms with Crippen LogP contribution in [-0.4, -0.2) is 27.0 Å². The van der Waals surface area contributed by atoms with Gasteiger partial charge in [0.25, 0.3) is 0 Å². The highest BCUT2D eigenvalue weighted by molar-refractivity contribution is 7.23. The minimum Gasteiger partial charge on any atom is -0.339 e. The zero-order valence-electron chi connectivity index (χ0n) is 16.9. The van der Waals surface area contributed by atoms with Gasteiger partial charge < -0.3 is 10.6 Å². The Morgan fingerprint density at radius 3 is 2.58 bits per heavy atom. The molecule has 0 aliphatic rings. The maximum Gasteiger partial charge on any atom is 0.243 e. The number of rotatable bonds is 10. The van der Waals surface area contributed by atoms with Crippen molar-refractivity contribution >= 4 is 49.9 Å². The third-order valence-corrected chi connectivity index (χ3v) is 5.59. The van der Waals surface area contributed by atoms with E-state index >= 15 is 0 Å². The van der Waals surface area contributed by atoms with Crippen molar-refractivity contribution in [3.8, 4) is 12.3 Å². The van der Waals surface area contributed by atoms with Crippen molar-refractivity contribution in [2.75, 3.05) is 10.6 Å². The summed E-state index contributed by atoms with van der Waals surface area (Å²) in [5.41, 5.74) is 3.95. The number of nitrogens with one attached hydrogen (secondary N) is 3. The van der Waals surface area contributed by atoms with Crippen LogP contribution in [0.3, 0.4) is 0 Å². The van der Waals surface area contributed by atoms with Crippen molar-refractivity contribution in [2.24, 2.45) is 0 Å². The molecule has 3 rings (SSSR count). The first-order chi connectivity index (χ1) is 15.1. The summed E-state index contributed by atoms with van der Waals surface area (Å²) in [6.45, 7) is 0. The van der Waals surface area contributed by atoms with Crippen LogP contribution in [0.25, 0.3) is 10.2 Å². The van der Waals surface area contributed by atoms with Gasteiger partial charge in [-0.05, 0) is 37.1 Å². The first-order valence-electron chi connectivity index (χ1n) is 9.90. The largest absolute Gasteiger partial charge is 0.339 e. The van der Waals surface area contributed by atoms with Gasteiger partial charge in [0.05, 0.1) is 15.2 Å². The van der Waals surface area contributed by atoms with Crippen molar-refractivity contribution in [1.29, 1.82) is 0 Å². The van der Waals surface area contributed by atoms with Gasteiger partial charge in [-0.3, -0.25) is 14.8 Å². The van der Waals surface area contributed by atoms with E-state index in [1.54, 1.807) is 5.48 Å². The minimum absolute atomic E-state index is 0.0659. The van der Waals surface area contributed by atoms with E-state index in [0.29, 0.717) is 23.7 Å². The van der Waals surface area contributed by atoms with Crippen LogP contribution < -0.4 is 16.1 Å². The van der Waals surface area contributed by atoms with Crippen LogP contribution in [0.5, 0.6) is 0 Å². The maximum atomic E-state index is 12.3. The molecule has 0 saturated carbocycles. The highest BCUT2D eigenvalue weighted by Gasteiger charge is 2.11. The van der Waals surface area contributed by atoms with E-state index in [1.165, 1.54) is 17.7 Å². The van der Waals surface area contributed by atoms with Crippen LogP contribution in [0.15, 0.2) is 36.7 Å². The first kappa shape index (κ1) is 22.2. The lowest BCUT2D eigenvalue weighted by Crippen LogP contribution is -2.17. The van der Waals surface area contributed by atoms with Gasteiger partial charge in [0.1, 0.15) is 6.33 Å². The molecule has 0 atom stereocenters. The predicted octanol–water partition coefficient (Wildman–Crippen LogP) is 4.20. The summed E-state index contributed by atoms with van der Waals surface area (Å²) in [6, 6.07) is 9.32. The number of terminal acetylenes is 1. The molecule has 0 spiro atoms. The van der Waals surface area contributed by atoms with Gasteiger partial charge in [-0.15, -0.1) is 17.8 Å². The van der Waals surface area contributed by atoms with E-state index in [-0.39, 0.29) is 18.2 Å². The maximum absolute atomic E-state index is 12.3. The highest BCUT2D eigenvalue weighted by Crippen LogP contribution is 2.34. The van der Waals surface area contributed by atoms with Crippen LogP contribution in [-0.2, 0) is 9.59 Å². The molecular weight excluding hydrogens is 414 g/mol. The Kier molecular flexibility index (Phi) is 7.92. The fraction of sp³-hybridized carbons (Fsp3) is 0.273. The highest BCUT2D eigenvalue weighted by atomic mass is 32.1. The third-order valence-electron chi connectivity index (χ3n) is 4.55. The quantitative estimate of drug-likeness (QED) is 0.163. The summed E-state index contributed by atoms with van der Waals surface area (Å²) in [5.74, 6) is 2.80. The van der Waals surface area contributed by atoms with Gasteiger partial charge in [-0.1, -0.05) is 24.8 Å². The van der Waals surface area contributed by atoms with Crippen molar-refractivity contribution in [2.45, 2.75) is 38.5 Å². The third kappa shape index (κ3) is 6.50. The number of unbranched alkanes of at least 4 members (excludes halogenated alkanes) is 3. The number of amides is 2. The van der Waals surface area contributed by atoms with Crippen LogP contribution in [0.2, 0.25) is 0 Å². The Balaban J connectivity index is 1.55. The van der Waals surface area contributed by atoms with Gasteiger partial charge in [-0.2, -0.15) is 0 Å². The van der Waals surface area contributed by atoms with E-state index in [4.69, 9.17) is 11.6 Å². The predicted molar refractivity (Wildman–Crippen MR) is 121 cm³/mol. The number of carbonyl (C=O) groups is 2. The Morgan fingerprint density at radius 1 is 1.06 bits per heavy atom. The lowest BCUT2D eigenvalue weighted by Gasteiger charge is -2.06. The molecule has 0 saturated heterocycles. The minimum atomic E-state index is -0.386. The van der Waals surface area contributed by atoms with Gasteiger partial charge in [0, 0.05) is 24.1 Å². The van der Waals surface area contributed by atoms with Crippen LogP contribution in [0.4, 0.5) is 16.5 Å². The molecule has 3 aromatic rings. The molecule has 0 aliphatic carbocycles. The molecule has 9 heteroatoms. The second-order valence-electron chi connectivity index (χ2n) is 6.89. The van der Waals surface area contributed by atoms with E-state index in [2.05, 4.69) is 26.5 Å². The SMILES string of the molecule is C#Cc1cccc(Nc2ncnc3cc(NC(=O)CCCCCCC(=O)NO)sc23)c1. The average Bonchev–Trinajstić information content (AvgIpc) is 3.19. The van der Waals surface area contributed by atoms with Crippen LogP contribution in [0, 0.1) is 12.3 Å². The number of benzene rings is 1. The molecule has 0 bridgehead atoms. The summed E-state index contributed by atoms with van der Waals surface area (Å²) >= 11 is 1.41. The number of carbonyl (C=O) groups excluding carboxylic acids is 2. The van der Waals surface area contributed by atoms with E-state index in [9.17, 15) is 9.59 Å². The number of hydrogen-bond acceptors (Lipinski definition) is 7. The summed E-state index contributed by atoms with van der Waals surface area (Å²) in [4.78, 5) is 31.8. The van der Waals surface area contributed by atoms with Crippen molar-refractivity contribution in [3.05, 3.63) is 42.2 Å². The first-order valence-corrected chi connectivity index (χ1v) is 10.7. The molecule has 2 aromatic heterocycles. The van der Waals surface area contributed by atoms with Gasteiger partial charge >= 0.3 is 0 Å². The zero-order valence-corrected chi connectivity index (χ0v) is 17.7. The second-order valence-corrected chi connectivity index (χ2v) is 7.95. The number of hydrogen-bond donors (Lipinski definition) is 4. The lowest BCUT2D eigenvalue weighted by molar-refractivity contribution is -0.129. The van der Waals surface area contributed by atoms with E-state index in [1.807, 2.05) is 30.3 Å². The molecule has 2 amide bonds. The molecule has 0 unspecified atom stereocenters. The molecule has 0 fully saturated rings. The van der Waals surface area contributed by atoms with Gasteiger partial charge in [0.15, 0.2) is 5.82 Å². The molecule has 0 aliphatic heterocycles. The van der Waals surface area contributed by atoms with Crippen molar-refractivity contribution < 1.29 is 14.8 Å². The number of aromatic nitrogens is 2. The number of anilines is 3. The van der Waals surface area contributed by atoms with Gasteiger partial charge in [0.2, 0.25) is 11.8 Å². The molecule has 0 radical (unpaired) electrons. The van der Waals surface area contributed by atoms with E-state index in [0.717, 1.165) is 40.7 Å². The molecule has 31 heavy (non-hydrogen) atoms. The van der Waals surface area contributed by atoms with Crippen molar-refractivity contribution in [1.82, 2.24) is 15.4 Å². The topological polar surface area (TPSA) is 116 Å². The monoisotopic (exact) mass is 437 g/mol. The van der Waals surface area contributed by atoms with Crippen LogP contribution in [0.1, 0.15) is 44.1 Å². The van der Waals surface area contributed by atoms with Gasteiger partial charge in [-0.25, -0.2) is 15.4 Å². The Hall–Kier alpha value is -3.48. The summed E-state index contributed by atoms with van der Waals surface area (Å²) < 4.78 is 0.839. The summed E-state index contributed by atoms with van der Waals surface area (Å²) in [5, 5.41) is 15.3. The zero-order chi connectivity index (χ0) is 22.1. The van der Waals surface area contributed by atoms with Crippen molar-refractivity contribution in [3.63, 3.8) is 0 Å². The second kappa shape index (κ2) is 11.1. The molecule has 2 heterocycles. The normalized spacial score (nSPS) is 10.5. The Morgan fingerprint density at radius 2 is 1.84 bits per heavy atom. The van der Waals surface area contributed by atoms with E-state index < -0.39 is 0 Å². The smallest absolute Gasteiger partial charge is 0.243 e. The molecule has 1 aromatic carbocycles. The molecule has 160 valence electrons. The Labute approximate surface area is 184 Å². The average molecular weight is 438 g/mol. The number of hydroxylamine groups is 1. The fourth-order valence-corrected chi connectivity index (χ4v) is 3.98. The lowest BCUT2D eigenvalue weighted by atomic mass is 10.1. The summed E-state index contributed by atoms with van der Waals surface area (Å²) in [7, 11) is 0. The Bertz CT molecular complexity index is 1110. The molecule has 4 N–H and O–H groups in total. The number of nitrogens with zero attached hydrogens (tertiary/aromatic N) is 2. The number of fused-ring (bicyclic) bond motifs is 1. The standard InChI is InChI=1S/C22H23N5O3S/c1-2-15-8-7-9-16(12-15)25-22-21-17(23-14-24-22)13-20(31-21)26-18(28)10-5-3-4-6-11-19(29)27-30/h1,7-9,12-14,30H,3-6,10-11H2,(H,26,28)(H,27,29)(H,23,24,25). The fourth-order valence-electron chi connectivity index (χ4n) is 3.01.